The van der Waals surface area contributed by atoms with Crippen molar-refractivity contribution in [2.24, 2.45) is 0 Å². The molecule has 0 atom stereocenters. The van der Waals surface area contributed by atoms with Crippen LogP contribution in [0.3, 0.4) is 0 Å². The van der Waals surface area contributed by atoms with Crippen molar-refractivity contribution in [1.82, 2.24) is 9.13 Å². The van der Waals surface area contributed by atoms with Crippen LogP contribution in [0.15, 0.2) is 377 Å². The van der Waals surface area contributed by atoms with Crippen LogP contribution in [0.5, 0.6) is 11.5 Å². The number of hydrogen-bond donors (Lipinski definition) is 0. The zero-order valence-electron chi connectivity index (χ0n) is 56.1. The summed E-state index contributed by atoms with van der Waals surface area (Å²) in [7, 11) is 3.28. The molecule has 5 nitrogen and oxygen atoms in total. The molecule has 486 valence electrons. The first-order chi connectivity index (χ1) is 49.0. The van der Waals surface area contributed by atoms with E-state index < -0.39 is 0 Å². The third-order valence-corrected chi connectivity index (χ3v) is 20.7. The van der Waals surface area contributed by atoms with Gasteiger partial charge in [-0.25, -0.2) is 0 Å². The average Bonchev–Trinajstić information content (AvgIpc) is 1.73. The maximum absolute atomic E-state index is 4.96. The van der Waals surface area contributed by atoms with Crippen molar-refractivity contribution in [3.8, 4) is 28.3 Å². The number of benzene rings is 14. The topological polar surface area (TPSA) is 31.6 Å². The Labute approximate surface area is 593 Å². The van der Waals surface area contributed by atoms with Gasteiger partial charge in [-0.1, -0.05) is 260 Å². The van der Waals surface area contributed by atoms with Crippen molar-refractivity contribution in [2.75, 3.05) is 25.7 Å². The number of thiophene rings is 1. The molecule has 1 aliphatic carbocycles. The summed E-state index contributed by atoms with van der Waals surface area (Å²) >= 11 is 5.51. The van der Waals surface area contributed by atoms with Gasteiger partial charge in [-0.15, -0.1) is 11.3 Å². The predicted octanol–water partition coefficient (Wildman–Crippen LogP) is 25.8. The van der Waals surface area contributed by atoms with Gasteiger partial charge in [0.2, 0.25) is 0 Å². The number of ether oxygens (including phenoxy) is 2. The van der Waals surface area contributed by atoms with Gasteiger partial charge >= 0.3 is 0 Å². The molecule has 0 spiro atoms. The fraction of sp³-hybridized carbons (Fsp3) is 0.0769. The first-order valence-corrected chi connectivity index (χ1v) is 36.0. The summed E-state index contributed by atoms with van der Waals surface area (Å²) in [5.41, 5.74) is 14.8. The van der Waals surface area contributed by atoms with Crippen molar-refractivity contribution in [1.29, 1.82) is 0 Å². The van der Waals surface area contributed by atoms with Crippen molar-refractivity contribution in [2.45, 2.75) is 46.4 Å². The van der Waals surface area contributed by atoms with Crippen LogP contribution in [0.4, 0.5) is 11.4 Å². The van der Waals surface area contributed by atoms with E-state index in [1.807, 2.05) is 59.5 Å². The molecular formula is C91H77N3O2S3. The van der Waals surface area contributed by atoms with E-state index in [9.17, 15) is 0 Å². The molecule has 14 aromatic carbocycles. The summed E-state index contributed by atoms with van der Waals surface area (Å²) in [5.74, 6) is 1.70. The van der Waals surface area contributed by atoms with Crippen molar-refractivity contribution in [3.05, 3.63) is 369 Å². The second kappa shape index (κ2) is 32.8. The SMILES string of the molecule is CCN1c2ccccc2Sc2ccccc21.CCn1c2ccccc2c2ccccc21.COc1ccc(OC)cc1.c1ccc(-n2c3ccccc3c3ccccc32)cc1.c1ccc(Sc2ccccc2)cc1.c1ccc2c(c1)Cc1ccccc1-2.c1ccc2c(c1)sc1ccccc12. The molecule has 4 heterocycles. The van der Waals surface area contributed by atoms with E-state index in [0.717, 1.165) is 31.0 Å². The van der Waals surface area contributed by atoms with Crippen LogP contribution in [0.2, 0.25) is 0 Å². The van der Waals surface area contributed by atoms with Gasteiger partial charge in [0.15, 0.2) is 0 Å². The highest BCUT2D eigenvalue weighted by atomic mass is 32.2. The number of rotatable bonds is 7. The number of hydrogen-bond acceptors (Lipinski definition) is 6. The highest BCUT2D eigenvalue weighted by Gasteiger charge is 2.21. The molecule has 0 radical (unpaired) electrons. The van der Waals surface area contributed by atoms with E-state index >= 15 is 0 Å². The molecular weight excluding hydrogens is 1260 g/mol. The van der Waals surface area contributed by atoms with Crippen molar-refractivity contribution in [3.63, 3.8) is 0 Å². The Morgan fingerprint density at radius 3 is 1.09 bits per heavy atom. The number of anilines is 2. The summed E-state index contributed by atoms with van der Waals surface area (Å²) in [6, 6.07) is 125. The second-order valence-corrected chi connectivity index (χ2v) is 26.8. The maximum Gasteiger partial charge on any atom is 0.119 e. The molecule has 0 fully saturated rings. The first kappa shape index (κ1) is 66.6. The van der Waals surface area contributed by atoms with Crippen LogP contribution in [0.25, 0.3) is 80.6 Å². The molecule has 0 bridgehead atoms. The van der Waals surface area contributed by atoms with E-state index in [-0.39, 0.29) is 0 Å². The monoisotopic (exact) mass is 1340 g/mol. The summed E-state index contributed by atoms with van der Waals surface area (Å²) in [6.45, 7) is 6.42. The molecule has 8 heteroatoms. The third-order valence-electron chi connectivity index (χ3n) is 17.4. The first-order valence-electron chi connectivity index (χ1n) is 33.6. The molecule has 19 rings (SSSR count). The molecule has 0 amide bonds. The number of aromatic nitrogens is 2. The Kier molecular flexibility index (Phi) is 22.1. The quantitative estimate of drug-likeness (QED) is 0.159. The highest BCUT2D eigenvalue weighted by molar-refractivity contribution is 8.00. The fourth-order valence-corrected chi connectivity index (χ4v) is 15.9. The average molecular weight is 1340 g/mol. The Bertz CT molecular complexity index is 5130. The molecule has 0 unspecified atom stereocenters. The van der Waals surface area contributed by atoms with Gasteiger partial charge in [-0.05, 0) is 164 Å². The largest absolute Gasteiger partial charge is 0.497 e. The molecule has 0 saturated carbocycles. The van der Waals surface area contributed by atoms with Crippen molar-refractivity contribution >= 4 is 110 Å². The van der Waals surface area contributed by atoms with Crippen LogP contribution in [-0.2, 0) is 13.0 Å². The molecule has 0 N–H and O–H groups in total. The molecule has 1 aliphatic heterocycles. The summed E-state index contributed by atoms with van der Waals surface area (Å²) in [6.07, 6.45) is 1.10. The number of nitrogens with zero attached hydrogens (tertiary/aromatic N) is 3. The number of para-hydroxylation sites is 7. The van der Waals surface area contributed by atoms with Gasteiger partial charge in [0.25, 0.3) is 0 Å². The highest BCUT2D eigenvalue weighted by Crippen LogP contribution is 2.48. The zero-order valence-corrected chi connectivity index (χ0v) is 58.5. The second-order valence-electron chi connectivity index (χ2n) is 23.5. The number of fused-ring (bicyclic) bond motifs is 14. The van der Waals surface area contributed by atoms with E-state index in [1.54, 1.807) is 26.0 Å². The van der Waals surface area contributed by atoms with E-state index in [0.29, 0.717) is 0 Å². The van der Waals surface area contributed by atoms with Crippen molar-refractivity contribution < 1.29 is 9.47 Å². The standard InChI is InChI=1S/C18H13N.C14H13NS.C14H13N.C13H10.C12H8S.C12H10S.C8H10O2/c1-2-8-14(9-3-1)19-17-12-6-4-10-15(17)16-11-5-7-13-18(16)19;1-2-15-11-7-3-5-9-13(11)16-14-10-6-4-8-12(14)15;1-2-15-13-9-5-3-7-11(13)12-8-4-6-10-14(12)15;1-3-7-12-10(5-1)9-11-6-2-4-8-13(11)12;1-3-7-11-9(5-1)10-6-2-4-8-12(10)13-11;1-3-7-11(8-4-1)13-12-9-5-2-6-10-12;1-9-7-3-5-8(10-2)6-4-7/h1-13H;3-10H,2H2,1H3;3-10H,2H2,1H3;1-8H,9H2;1-8H;1-10H;3-6H,1-2H3. The normalized spacial score (nSPS) is 11.3. The Hall–Kier alpha value is -11.0. The van der Waals surface area contributed by atoms with E-state index in [4.69, 9.17) is 9.47 Å². The Balaban J connectivity index is 0.000000105. The minimum Gasteiger partial charge on any atom is -0.497 e. The van der Waals surface area contributed by atoms with Crippen LogP contribution in [0, 0.1) is 0 Å². The Morgan fingerprint density at radius 2 is 0.667 bits per heavy atom. The third kappa shape index (κ3) is 15.6. The lowest BCUT2D eigenvalue weighted by molar-refractivity contribution is 0.403. The minimum atomic E-state index is 0.848. The number of methoxy groups -OCH3 is 2. The lowest BCUT2D eigenvalue weighted by Gasteiger charge is -2.31. The fourth-order valence-electron chi connectivity index (χ4n) is 12.8. The van der Waals surface area contributed by atoms with E-state index in [1.165, 1.54) is 123 Å². The van der Waals surface area contributed by atoms with Gasteiger partial charge < -0.3 is 23.5 Å². The lowest BCUT2D eigenvalue weighted by atomic mass is 10.1. The summed E-state index contributed by atoms with van der Waals surface area (Å²) in [4.78, 5) is 7.65. The number of aryl methyl sites for hydroxylation is 1. The smallest absolute Gasteiger partial charge is 0.119 e. The maximum atomic E-state index is 4.96. The lowest BCUT2D eigenvalue weighted by Crippen LogP contribution is -2.19. The van der Waals surface area contributed by atoms with Gasteiger partial charge in [-0.2, -0.15) is 0 Å². The Morgan fingerprint density at radius 1 is 0.323 bits per heavy atom. The molecule has 99 heavy (non-hydrogen) atoms. The van der Waals surface area contributed by atoms with Gasteiger partial charge in [0, 0.05) is 91.1 Å². The minimum absolute atomic E-state index is 0.848. The zero-order chi connectivity index (χ0) is 67.5. The molecule has 2 aliphatic rings. The van der Waals surface area contributed by atoms with Gasteiger partial charge in [-0.3, -0.25) is 0 Å². The van der Waals surface area contributed by atoms with Crippen LogP contribution in [0.1, 0.15) is 25.0 Å². The summed E-state index contributed by atoms with van der Waals surface area (Å²) in [5, 5.41) is 8.08. The van der Waals surface area contributed by atoms with Crippen LogP contribution in [-0.4, -0.2) is 29.9 Å². The molecule has 17 aromatic rings. The van der Waals surface area contributed by atoms with Crippen LogP contribution < -0.4 is 14.4 Å². The predicted molar refractivity (Wildman–Crippen MR) is 426 cm³/mol. The molecule has 0 saturated heterocycles. The van der Waals surface area contributed by atoms with Gasteiger partial charge in [0.05, 0.1) is 36.6 Å². The van der Waals surface area contributed by atoms with Crippen LogP contribution >= 0.6 is 34.9 Å². The van der Waals surface area contributed by atoms with Gasteiger partial charge in [0.1, 0.15) is 11.5 Å². The van der Waals surface area contributed by atoms with E-state index in [2.05, 4.69) is 349 Å². The summed E-state index contributed by atoms with van der Waals surface area (Å²) < 4.78 is 17.4. The molecule has 3 aromatic heterocycles.